The zero-order valence-corrected chi connectivity index (χ0v) is 19.6. The van der Waals surface area contributed by atoms with Crippen molar-refractivity contribution < 1.29 is 26.7 Å². The predicted octanol–water partition coefficient (Wildman–Crippen LogP) is 8.80. The van der Waals surface area contributed by atoms with Crippen LogP contribution in [-0.2, 0) is 12.5 Å². The molecule has 34 heavy (non-hydrogen) atoms. The minimum Gasteiger partial charge on any atom is -0.429 e. The van der Waals surface area contributed by atoms with E-state index in [-0.39, 0.29) is 17.9 Å². The molecule has 0 saturated heterocycles. The third-order valence-corrected chi connectivity index (χ3v) is 7.95. The van der Waals surface area contributed by atoms with Crippen LogP contribution in [0.15, 0.2) is 36.4 Å². The van der Waals surface area contributed by atoms with E-state index < -0.39 is 29.1 Å². The van der Waals surface area contributed by atoms with E-state index in [0.717, 1.165) is 36.2 Å². The van der Waals surface area contributed by atoms with Crippen LogP contribution in [0.4, 0.5) is 22.0 Å². The van der Waals surface area contributed by atoms with Gasteiger partial charge < -0.3 is 4.74 Å². The third-order valence-electron chi connectivity index (χ3n) is 7.95. The van der Waals surface area contributed by atoms with Gasteiger partial charge in [-0.1, -0.05) is 44.7 Å². The van der Waals surface area contributed by atoms with Crippen molar-refractivity contribution in [2.24, 2.45) is 23.7 Å². The van der Waals surface area contributed by atoms with Crippen LogP contribution in [0.2, 0.25) is 0 Å². The molecule has 1 nitrogen and oxygen atoms in total. The molecule has 186 valence electrons. The largest absolute Gasteiger partial charge is 0.429 e. The Morgan fingerprint density at radius 2 is 1.32 bits per heavy atom. The van der Waals surface area contributed by atoms with Crippen LogP contribution in [0.3, 0.4) is 0 Å². The summed E-state index contributed by atoms with van der Waals surface area (Å²) in [7, 11) is 0. The molecule has 2 aromatic carbocycles. The highest BCUT2D eigenvalue weighted by Gasteiger charge is 2.36. The Balaban J connectivity index is 1.25. The van der Waals surface area contributed by atoms with Gasteiger partial charge in [-0.05, 0) is 92.0 Å². The molecular weight excluding hydrogens is 447 g/mol. The van der Waals surface area contributed by atoms with Crippen LogP contribution in [0.25, 0.3) is 0 Å². The quantitative estimate of drug-likeness (QED) is 0.284. The van der Waals surface area contributed by atoms with Gasteiger partial charge in [0, 0.05) is 0 Å². The van der Waals surface area contributed by atoms with Gasteiger partial charge in [0.15, 0.2) is 17.5 Å². The van der Waals surface area contributed by atoms with E-state index >= 15 is 0 Å². The van der Waals surface area contributed by atoms with Gasteiger partial charge in [0.25, 0.3) is 0 Å². The average Bonchev–Trinajstić information content (AvgIpc) is 2.82. The summed E-state index contributed by atoms with van der Waals surface area (Å²) in [5.41, 5.74) is -0.0377. The van der Waals surface area contributed by atoms with Crippen LogP contribution >= 0.6 is 0 Å². The van der Waals surface area contributed by atoms with Crippen LogP contribution in [0.1, 0.15) is 75.8 Å². The fraction of sp³-hybridized carbons (Fsp3) is 0.571. The van der Waals surface area contributed by atoms with Crippen molar-refractivity contribution in [1.29, 1.82) is 0 Å². The van der Waals surface area contributed by atoms with E-state index in [4.69, 9.17) is 0 Å². The molecule has 2 aromatic rings. The van der Waals surface area contributed by atoms with Gasteiger partial charge in [-0.15, -0.1) is 0 Å². The van der Waals surface area contributed by atoms with Crippen molar-refractivity contribution in [2.75, 3.05) is 0 Å². The molecule has 2 aliphatic rings. The Kier molecular flexibility index (Phi) is 7.83. The molecule has 2 aliphatic carbocycles. The second kappa shape index (κ2) is 10.7. The minimum atomic E-state index is -3.99. The maximum atomic E-state index is 14.3. The second-order valence-electron chi connectivity index (χ2n) is 10.4. The number of halogens is 5. The van der Waals surface area contributed by atoms with E-state index in [0.29, 0.717) is 5.92 Å². The molecule has 0 unspecified atom stereocenters. The van der Waals surface area contributed by atoms with Crippen molar-refractivity contribution in [1.82, 2.24) is 0 Å². The summed E-state index contributed by atoms with van der Waals surface area (Å²) in [5.74, 6) is -1.86. The molecule has 0 atom stereocenters. The van der Waals surface area contributed by atoms with Crippen molar-refractivity contribution in [3.8, 4) is 5.75 Å². The highest BCUT2D eigenvalue weighted by molar-refractivity contribution is 5.29. The number of rotatable bonds is 7. The minimum absolute atomic E-state index is 0.124. The molecule has 4 rings (SSSR count). The molecule has 0 aromatic heterocycles. The maximum absolute atomic E-state index is 14.3. The Labute approximate surface area is 198 Å². The third kappa shape index (κ3) is 6.11. The lowest BCUT2D eigenvalue weighted by Gasteiger charge is -2.37. The first-order chi connectivity index (χ1) is 16.2. The monoisotopic (exact) mass is 480 g/mol. The molecule has 0 heterocycles. The first kappa shape index (κ1) is 25.0. The fourth-order valence-electron chi connectivity index (χ4n) is 5.73. The van der Waals surface area contributed by atoms with Crippen molar-refractivity contribution in [2.45, 2.75) is 77.2 Å². The lowest BCUT2D eigenvalue weighted by atomic mass is 9.69. The lowest BCUT2D eigenvalue weighted by molar-refractivity contribution is -0.185. The number of aryl methyl sites for hydroxylation is 1. The summed E-state index contributed by atoms with van der Waals surface area (Å²) in [6.07, 6.45) is 8.73. The molecule has 0 aliphatic heterocycles. The molecule has 0 radical (unpaired) electrons. The predicted molar refractivity (Wildman–Crippen MR) is 122 cm³/mol. The SMILES string of the molecule is CC1CCC(C2CCC(CCc3ccc(OC(F)(F)c4cc(F)c(F)c(F)c4)cc3)CC2)CC1. The number of alkyl halides is 2. The highest BCUT2D eigenvalue weighted by Crippen LogP contribution is 2.42. The molecule has 2 fully saturated rings. The second-order valence-corrected chi connectivity index (χ2v) is 10.4. The summed E-state index contributed by atoms with van der Waals surface area (Å²) in [6.45, 7) is 2.37. The fourth-order valence-corrected chi connectivity index (χ4v) is 5.73. The van der Waals surface area contributed by atoms with E-state index in [1.165, 1.54) is 63.5 Å². The zero-order chi connectivity index (χ0) is 24.3. The van der Waals surface area contributed by atoms with Gasteiger partial charge >= 0.3 is 6.11 Å². The maximum Gasteiger partial charge on any atom is 0.426 e. The van der Waals surface area contributed by atoms with Crippen molar-refractivity contribution in [3.05, 3.63) is 65.0 Å². The van der Waals surface area contributed by atoms with Gasteiger partial charge in [-0.3, -0.25) is 0 Å². The van der Waals surface area contributed by atoms with Crippen molar-refractivity contribution >= 4 is 0 Å². The normalized spacial score (nSPS) is 25.8. The van der Waals surface area contributed by atoms with Gasteiger partial charge in [0.1, 0.15) is 5.75 Å². The Bertz CT molecular complexity index is 919. The lowest BCUT2D eigenvalue weighted by Crippen LogP contribution is -2.25. The Hall–Kier alpha value is -2.11. The standard InChI is InChI=1S/C28H33F5O/c1-18-2-10-21(11-3-18)22-12-6-19(7-13-22)4-5-20-8-14-24(15-9-20)34-28(32,33)23-16-25(29)27(31)26(30)17-23/h8-9,14-19,21-22H,2-7,10-13H2,1H3. The van der Waals surface area contributed by atoms with Crippen molar-refractivity contribution in [3.63, 3.8) is 0 Å². The summed E-state index contributed by atoms with van der Waals surface area (Å²) in [4.78, 5) is 0. The van der Waals surface area contributed by atoms with Gasteiger partial charge in [-0.2, -0.15) is 8.78 Å². The molecule has 0 amide bonds. The van der Waals surface area contributed by atoms with Crippen LogP contribution < -0.4 is 4.74 Å². The molecule has 0 spiro atoms. The summed E-state index contributed by atoms with van der Waals surface area (Å²) < 4.78 is 73.0. The summed E-state index contributed by atoms with van der Waals surface area (Å²) in [5, 5.41) is 0. The van der Waals surface area contributed by atoms with Crippen LogP contribution in [0.5, 0.6) is 5.75 Å². The zero-order valence-electron chi connectivity index (χ0n) is 19.6. The Morgan fingerprint density at radius 3 is 1.88 bits per heavy atom. The van der Waals surface area contributed by atoms with Gasteiger partial charge in [-0.25, -0.2) is 13.2 Å². The summed E-state index contributed by atoms with van der Waals surface area (Å²) in [6, 6.07) is 6.84. The van der Waals surface area contributed by atoms with Gasteiger partial charge in [0.2, 0.25) is 0 Å². The number of hydrogen-bond acceptors (Lipinski definition) is 1. The smallest absolute Gasteiger partial charge is 0.426 e. The number of ether oxygens (including phenoxy) is 1. The van der Waals surface area contributed by atoms with E-state index in [1.54, 1.807) is 12.1 Å². The number of hydrogen-bond donors (Lipinski definition) is 0. The molecule has 0 bridgehead atoms. The molecule has 0 N–H and O–H groups in total. The topological polar surface area (TPSA) is 9.23 Å². The first-order valence-electron chi connectivity index (χ1n) is 12.5. The first-order valence-corrected chi connectivity index (χ1v) is 12.5. The van der Waals surface area contributed by atoms with E-state index in [2.05, 4.69) is 11.7 Å². The van der Waals surface area contributed by atoms with Crippen LogP contribution in [0, 0.1) is 41.1 Å². The average molecular weight is 481 g/mol. The molecule has 6 heteroatoms. The number of benzene rings is 2. The molecular formula is C28H33F5O. The Morgan fingerprint density at radius 1 is 0.794 bits per heavy atom. The van der Waals surface area contributed by atoms with Gasteiger partial charge in [0.05, 0.1) is 5.56 Å². The molecule has 2 saturated carbocycles. The van der Waals surface area contributed by atoms with Crippen LogP contribution in [-0.4, -0.2) is 0 Å². The van der Waals surface area contributed by atoms with E-state index in [9.17, 15) is 22.0 Å². The summed E-state index contributed by atoms with van der Waals surface area (Å²) >= 11 is 0. The van der Waals surface area contributed by atoms with E-state index in [1.807, 2.05) is 0 Å². The highest BCUT2D eigenvalue weighted by atomic mass is 19.3.